The molecule has 100 valence electrons. The predicted molar refractivity (Wildman–Crippen MR) is 76.8 cm³/mol. The van der Waals surface area contributed by atoms with E-state index in [1.165, 1.54) is 12.1 Å². The molecule has 0 aliphatic rings. The van der Waals surface area contributed by atoms with Gasteiger partial charge in [0.25, 0.3) is 0 Å². The molecule has 3 rings (SSSR count). The van der Waals surface area contributed by atoms with Gasteiger partial charge in [-0.2, -0.15) is 0 Å². The highest BCUT2D eigenvalue weighted by Crippen LogP contribution is 2.24. The molecule has 3 aromatic rings. The van der Waals surface area contributed by atoms with Crippen molar-refractivity contribution in [3.05, 3.63) is 77.9 Å². The van der Waals surface area contributed by atoms with Crippen molar-refractivity contribution in [1.29, 1.82) is 0 Å². The maximum atomic E-state index is 12.9. The Morgan fingerprint density at radius 2 is 1.75 bits per heavy atom. The standard InChI is InChI=1S/C17H14FNO/c18-14-7-5-12(6-8-14)11-16(20)17-15-4-2-1-3-13(15)9-10-19-17/h1-10,16,20H,11H2. The first kappa shape index (κ1) is 12.8. The molecule has 2 aromatic carbocycles. The molecular weight excluding hydrogens is 253 g/mol. The highest BCUT2D eigenvalue weighted by Gasteiger charge is 2.13. The molecule has 1 N–H and O–H groups in total. The Labute approximate surface area is 116 Å². The van der Waals surface area contributed by atoms with Crippen LogP contribution < -0.4 is 0 Å². The summed E-state index contributed by atoms with van der Waals surface area (Å²) in [5, 5.41) is 12.4. The Hall–Kier alpha value is -2.26. The minimum Gasteiger partial charge on any atom is -0.386 e. The number of aliphatic hydroxyl groups is 1. The fourth-order valence-corrected chi connectivity index (χ4v) is 2.35. The van der Waals surface area contributed by atoms with Gasteiger partial charge in [0, 0.05) is 18.0 Å². The van der Waals surface area contributed by atoms with Crippen molar-refractivity contribution < 1.29 is 9.50 Å². The lowest BCUT2D eigenvalue weighted by atomic mass is 10.0. The van der Waals surface area contributed by atoms with Gasteiger partial charge in [0.15, 0.2) is 0 Å². The number of pyridine rings is 1. The van der Waals surface area contributed by atoms with E-state index >= 15 is 0 Å². The normalized spacial score (nSPS) is 12.5. The Morgan fingerprint density at radius 1 is 1.00 bits per heavy atom. The van der Waals surface area contributed by atoms with Crippen LogP contribution in [0.2, 0.25) is 0 Å². The molecule has 0 amide bonds. The maximum absolute atomic E-state index is 12.9. The number of nitrogens with zero attached hydrogens (tertiary/aromatic N) is 1. The van der Waals surface area contributed by atoms with Gasteiger partial charge in [-0.3, -0.25) is 4.98 Å². The third-order valence-electron chi connectivity index (χ3n) is 3.36. The first-order valence-electron chi connectivity index (χ1n) is 6.50. The van der Waals surface area contributed by atoms with Gasteiger partial charge < -0.3 is 5.11 Å². The molecule has 0 spiro atoms. The van der Waals surface area contributed by atoms with Crippen molar-refractivity contribution >= 4 is 10.8 Å². The number of rotatable bonds is 3. The fourth-order valence-electron chi connectivity index (χ4n) is 2.35. The minimum atomic E-state index is -0.702. The zero-order chi connectivity index (χ0) is 13.9. The van der Waals surface area contributed by atoms with Gasteiger partial charge in [0.2, 0.25) is 0 Å². The van der Waals surface area contributed by atoms with Crippen LogP contribution in [-0.2, 0) is 6.42 Å². The van der Waals surface area contributed by atoms with E-state index < -0.39 is 6.10 Å². The summed E-state index contributed by atoms with van der Waals surface area (Å²) in [6, 6.07) is 15.9. The lowest BCUT2D eigenvalue weighted by molar-refractivity contribution is 0.175. The summed E-state index contributed by atoms with van der Waals surface area (Å²) >= 11 is 0. The van der Waals surface area contributed by atoms with Crippen LogP contribution in [0.25, 0.3) is 10.8 Å². The van der Waals surface area contributed by atoms with E-state index in [-0.39, 0.29) is 5.82 Å². The molecule has 0 fully saturated rings. The molecule has 2 nitrogen and oxygen atoms in total. The summed E-state index contributed by atoms with van der Waals surface area (Å²) in [5.74, 6) is -0.272. The summed E-state index contributed by atoms with van der Waals surface area (Å²) in [5.41, 5.74) is 1.54. The zero-order valence-corrected chi connectivity index (χ0v) is 10.8. The Kier molecular flexibility index (Phi) is 3.44. The summed E-state index contributed by atoms with van der Waals surface area (Å²) < 4.78 is 12.9. The van der Waals surface area contributed by atoms with Crippen LogP contribution in [0.15, 0.2) is 60.8 Å². The quantitative estimate of drug-likeness (QED) is 0.785. The SMILES string of the molecule is OC(Cc1ccc(F)cc1)c1nccc2ccccc12. The minimum absolute atomic E-state index is 0.272. The van der Waals surface area contributed by atoms with Gasteiger partial charge in [-0.05, 0) is 29.1 Å². The van der Waals surface area contributed by atoms with Crippen molar-refractivity contribution in [2.24, 2.45) is 0 Å². The zero-order valence-electron chi connectivity index (χ0n) is 10.8. The summed E-state index contributed by atoms with van der Waals surface area (Å²) in [6.07, 6.45) is 1.42. The van der Waals surface area contributed by atoms with Crippen LogP contribution in [0.4, 0.5) is 4.39 Å². The molecule has 3 heteroatoms. The van der Waals surface area contributed by atoms with Crippen LogP contribution in [0.1, 0.15) is 17.4 Å². The fraction of sp³-hybridized carbons (Fsp3) is 0.118. The van der Waals surface area contributed by atoms with E-state index in [9.17, 15) is 9.50 Å². The predicted octanol–water partition coefficient (Wildman–Crippen LogP) is 3.65. The monoisotopic (exact) mass is 267 g/mol. The number of hydrogen-bond acceptors (Lipinski definition) is 2. The molecular formula is C17H14FNO. The van der Waals surface area contributed by atoms with Gasteiger partial charge in [-0.25, -0.2) is 4.39 Å². The topological polar surface area (TPSA) is 33.1 Å². The van der Waals surface area contributed by atoms with Gasteiger partial charge in [0.1, 0.15) is 11.9 Å². The van der Waals surface area contributed by atoms with Gasteiger partial charge >= 0.3 is 0 Å². The number of halogens is 1. The van der Waals surface area contributed by atoms with Crippen LogP contribution in [0.5, 0.6) is 0 Å². The van der Waals surface area contributed by atoms with E-state index in [1.54, 1.807) is 18.3 Å². The van der Waals surface area contributed by atoms with Crippen LogP contribution in [0, 0.1) is 5.82 Å². The largest absolute Gasteiger partial charge is 0.386 e. The molecule has 1 unspecified atom stereocenters. The number of aliphatic hydroxyl groups excluding tert-OH is 1. The highest BCUT2D eigenvalue weighted by atomic mass is 19.1. The third kappa shape index (κ3) is 2.53. The maximum Gasteiger partial charge on any atom is 0.123 e. The smallest absolute Gasteiger partial charge is 0.123 e. The average molecular weight is 267 g/mol. The summed E-state index contributed by atoms with van der Waals surface area (Å²) in [4.78, 5) is 4.30. The lowest BCUT2D eigenvalue weighted by Gasteiger charge is -2.12. The van der Waals surface area contributed by atoms with E-state index in [1.807, 2.05) is 30.3 Å². The first-order valence-corrected chi connectivity index (χ1v) is 6.50. The number of benzene rings is 2. The van der Waals surface area contributed by atoms with Crippen LogP contribution in [0.3, 0.4) is 0 Å². The van der Waals surface area contributed by atoms with E-state index in [4.69, 9.17) is 0 Å². The van der Waals surface area contributed by atoms with Gasteiger partial charge in [-0.15, -0.1) is 0 Å². The highest BCUT2D eigenvalue weighted by molar-refractivity contribution is 5.84. The number of fused-ring (bicyclic) bond motifs is 1. The molecule has 20 heavy (non-hydrogen) atoms. The Bertz CT molecular complexity index is 719. The number of hydrogen-bond donors (Lipinski definition) is 1. The lowest BCUT2D eigenvalue weighted by Crippen LogP contribution is -2.05. The second kappa shape index (κ2) is 5.39. The van der Waals surface area contributed by atoms with E-state index in [0.717, 1.165) is 16.3 Å². The van der Waals surface area contributed by atoms with Crippen LogP contribution >= 0.6 is 0 Å². The molecule has 1 atom stereocenters. The van der Waals surface area contributed by atoms with Gasteiger partial charge in [-0.1, -0.05) is 36.4 Å². The molecule has 0 aliphatic carbocycles. The molecule has 0 saturated carbocycles. The molecule has 0 bridgehead atoms. The third-order valence-corrected chi connectivity index (χ3v) is 3.36. The second-order valence-corrected chi connectivity index (χ2v) is 4.76. The molecule has 1 heterocycles. The Morgan fingerprint density at radius 3 is 2.55 bits per heavy atom. The molecule has 0 radical (unpaired) electrons. The van der Waals surface area contributed by atoms with E-state index in [2.05, 4.69) is 4.98 Å². The van der Waals surface area contributed by atoms with Crippen molar-refractivity contribution in [2.75, 3.05) is 0 Å². The van der Waals surface area contributed by atoms with Crippen molar-refractivity contribution in [3.8, 4) is 0 Å². The van der Waals surface area contributed by atoms with Gasteiger partial charge in [0.05, 0.1) is 5.69 Å². The summed E-state index contributed by atoms with van der Waals surface area (Å²) in [7, 11) is 0. The average Bonchev–Trinajstić information content (AvgIpc) is 2.49. The molecule has 0 aliphatic heterocycles. The van der Waals surface area contributed by atoms with Crippen LogP contribution in [-0.4, -0.2) is 10.1 Å². The van der Waals surface area contributed by atoms with Crippen molar-refractivity contribution in [2.45, 2.75) is 12.5 Å². The Balaban J connectivity index is 1.92. The summed E-state index contributed by atoms with van der Waals surface area (Å²) in [6.45, 7) is 0. The van der Waals surface area contributed by atoms with E-state index in [0.29, 0.717) is 12.1 Å². The van der Waals surface area contributed by atoms with Crippen molar-refractivity contribution in [1.82, 2.24) is 4.98 Å². The first-order chi connectivity index (χ1) is 9.74. The molecule has 1 aromatic heterocycles. The van der Waals surface area contributed by atoms with Crippen molar-refractivity contribution in [3.63, 3.8) is 0 Å². The second-order valence-electron chi connectivity index (χ2n) is 4.76. The number of aromatic nitrogens is 1. The molecule has 0 saturated heterocycles.